The molecule has 0 saturated carbocycles. The molecular formula is C13H20O3. The number of phenolic OH excluding ortho intramolecular Hbond substituents is 2. The van der Waals surface area contributed by atoms with E-state index in [0.29, 0.717) is 5.75 Å². The predicted molar refractivity (Wildman–Crippen MR) is 64.0 cm³/mol. The summed E-state index contributed by atoms with van der Waals surface area (Å²) in [6, 6.07) is 4.31. The lowest BCUT2D eigenvalue weighted by atomic mass is 10.1. The Morgan fingerprint density at radius 3 is 2.31 bits per heavy atom. The normalized spacial score (nSPS) is 12.4. The van der Waals surface area contributed by atoms with Crippen molar-refractivity contribution < 1.29 is 14.9 Å². The summed E-state index contributed by atoms with van der Waals surface area (Å²) < 4.78 is 5.60. The zero-order valence-corrected chi connectivity index (χ0v) is 9.94. The Kier molecular flexibility index (Phi) is 4.96. The van der Waals surface area contributed by atoms with Gasteiger partial charge in [0, 0.05) is 18.2 Å². The van der Waals surface area contributed by atoms with Crippen molar-refractivity contribution in [1.82, 2.24) is 0 Å². The largest absolute Gasteiger partial charge is 0.508 e. The Bertz CT molecular complexity index is 303. The summed E-state index contributed by atoms with van der Waals surface area (Å²) in [5.41, 5.74) is 0. The molecule has 0 spiro atoms. The molecule has 1 atom stereocenters. The Morgan fingerprint density at radius 2 is 1.75 bits per heavy atom. The van der Waals surface area contributed by atoms with Crippen LogP contribution in [0.15, 0.2) is 18.2 Å². The molecular weight excluding hydrogens is 204 g/mol. The Balaban J connectivity index is 2.45. The van der Waals surface area contributed by atoms with Gasteiger partial charge in [-0.05, 0) is 19.8 Å². The van der Waals surface area contributed by atoms with E-state index < -0.39 is 0 Å². The van der Waals surface area contributed by atoms with Crippen LogP contribution >= 0.6 is 0 Å². The van der Waals surface area contributed by atoms with Crippen LogP contribution < -0.4 is 4.74 Å². The lowest BCUT2D eigenvalue weighted by Crippen LogP contribution is -2.11. The molecule has 0 aliphatic rings. The molecule has 0 unspecified atom stereocenters. The summed E-state index contributed by atoms with van der Waals surface area (Å²) in [5.74, 6) is 0.563. The highest BCUT2D eigenvalue weighted by molar-refractivity contribution is 5.40. The molecule has 0 aromatic heterocycles. The molecule has 3 nitrogen and oxygen atoms in total. The van der Waals surface area contributed by atoms with E-state index in [-0.39, 0.29) is 17.6 Å². The van der Waals surface area contributed by atoms with Crippen molar-refractivity contribution in [2.45, 2.75) is 45.6 Å². The number of ether oxygens (including phenoxy) is 1. The molecule has 1 rings (SSSR count). The molecule has 0 aliphatic carbocycles. The van der Waals surface area contributed by atoms with Gasteiger partial charge >= 0.3 is 0 Å². The molecule has 2 N–H and O–H groups in total. The van der Waals surface area contributed by atoms with Crippen molar-refractivity contribution in [2.75, 3.05) is 0 Å². The van der Waals surface area contributed by atoms with Gasteiger partial charge in [0.15, 0.2) is 0 Å². The van der Waals surface area contributed by atoms with Crippen LogP contribution in [-0.2, 0) is 0 Å². The van der Waals surface area contributed by atoms with E-state index in [9.17, 15) is 10.2 Å². The summed E-state index contributed by atoms with van der Waals surface area (Å²) in [6.07, 6.45) is 4.64. The second-order valence-corrected chi connectivity index (χ2v) is 4.11. The van der Waals surface area contributed by atoms with Crippen molar-refractivity contribution in [3.05, 3.63) is 18.2 Å². The van der Waals surface area contributed by atoms with Crippen molar-refractivity contribution in [2.24, 2.45) is 0 Å². The number of hydrogen-bond acceptors (Lipinski definition) is 3. The minimum Gasteiger partial charge on any atom is -0.508 e. The van der Waals surface area contributed by atoms with E-state index in [1.807, 2.05) is 6.92 Å². The van der Waals surface area contributed by atoms with Crippen LogP contribution in [-0.4, -0.2) is 16.3 Å². The molecule has 0 bridgehead atoms. The zero-order valence-electron chi connectivity index (χ0n) is 9.94. The van der Waals surface area contributed by atoms with Crippen LogP contribution in [0.1, 0.15) is 39.5 Å². The van der Waals surface area contributed by atoms with E-state index in [0.717, 1.165) is 12.8 Å². The highest BCUT2D eigenvalue weighted by Gasteiger charge is 2.05. The topological polar surface area (TPSA) is 49.7 Å². The van der Waals surface area contributed by atoms with Gasteiger partial charge in [-0.15, -0.1) is 0 Å². The summed E-state index contributed by atoms with van der Waals surface area (Å²) in [5, 5.41) is 18.6. The van der Waals surface area contributed by atoms with E-state index in [4.69, 9.17) is 4.74 Å². The zero-order chi connectivity index (χ0) is 12.0. The third-order valence-electron chi connectivity index (χ3n) is 2.43. The number of hydrogen-bond donors (Lipinski definition) is 2. The molecule has 0 radical (unpaired) electrons. The van der Waals surface area contributed by atoms with E-state index >= 15 is 0 Å². The lowest BCUT2D eigenvalue weighted by Gasteiger charge is -2.14. The first-order valence-corrected chi connectivity index (χ1v) is 5.81. The standard InChI is InChI=1S/C13H20O3/c1-3-4-5-6-10(2)16-13-8-11(14)7-12(15)9-13/h7-10,14-15H,3-6H2,1-2H3/t10-/m0/s1. The van der Waals surface area contributed by atoms with Crippen LogP contribution in [0, 0.1) is 0 Å². The van der Waals surface area contributed by atoms with Gasteiger partial charge in [0.1, 0.15) is 17.2 Å². The second kappa shape index (κ2) is 6.26. The van der Waals surface area contributed by atoms with Crippen LogP contribution in [0.2, 0.25) is 0 Å². The van der Waals surface area contributed by atoms with Crippen molar-refractivity contribution in [1.29, 1.82) is 0 Å². The molecule has 3 heteroatoms. The van der Waals surface area contributed by atoms with Crippen molar-refractivity contribution in [3.8, 4) is 17.2 Å². The lowest BCUT2D eigenvalue weighted by molar-refractivity contribution is 0.205. The summed E-state index contributed by atoms with van der Waals surface area (Å²) in [6.45, 7) is 4.16. The smallest absolute Gasteiger partial charge is 0.127 e. The highest BCUT2D eigenvalue weighted by Crippen LogP contribution is 2.26. The number of unbranched alkanes of at least 4 members (excludes halogenated alkanes) is 2. The number of rotatable bonds is 6. The molecule has 1 aromatic carbocycles. The summed E-state index contributed by atoms with van der Waals surface area (Å²) in [4.78, 5) is 0. The molecule has 1 aromatic rings. The minimum absolute atomic E-state index is 0.0239. The number of phenols is 2. The maximum absolute atomic E-state index is 9.28. The third-order valence-corrected chi connectivity index (χ3v) is 2.43. The fourth-order valence-corrected chi connectivity index (χ4v) is 1.61. The molecule has 0 fully saturated rings. The predicted octanol–water partition coefficient (Wildman–Crippen LogP) is 3.45. The van der Waals surface area contributed by atoms with E-state index in [2.05, 4.69) is 6.92 Å². The monoisotopic (exact) mass is 224 g/mol. The molecule has 16 heavy (non-hydrogen) atoms. The van der Waals surface area contributed by atoms with Crippen LogP contribution in [0.5, 0.6) is 17.2 Å². The Labute approximate surface area is 96.7 Å². The molecule has 0 amide bonds. The molecule has 90 valence electrons. The van der Waals surface area contributed by atoms with Gasteiger partial charge in [-0.1, -0.05) is 19.8 Å². The van der Waals surface area contributed by atoms with Crippen LogP contribution in [0.25, 0.3) is 0 Å². The van der Waals surface area contributed by atoms with Gasteiger partial charge in [-0.2, -0.15) is 0 Å². The van der Waals surface area contributed by atoms with E-state index in [1.54, 1.807) is 0 Å². The average molecular weight is 224 g/mol. The first kappa shape index (κ1) is 12.7. The van der Waals surface area contributed by atoms with Crippen LogP contribution in [0.3, 0.4) is 0 Å². The average Bonchev–Trinajstić information content (AvgIpc) is 2.16. The first-order valence-electron chi connectivity index (χ1n) is 5.81. The highest BCUT2D eigenvalue weighted by atomic mass is 16.5. The second-order valence-electron chi connectivity index (χ2n) is 4.11. The summed E-state index contributed by atoms with van der Waals surface area (Å²) in [7, 11) is 0. The Hall–Kier alpha value is -1.38. The van der Waals surface area contributed by atoms with Gasteiger partial charge in [0.2, 0.25) is 0 Å². The summed E-state index contributed by atoms with van der Waals surface area (Å²) >= 11 is 0. The van der Waals surface area contributed by atoms with Crippen molar-refractivity contribution in [3.63, 3.8) is 0 Å². The maximum atomic E-state index is 9.28. The molecule has 0 saturated heterocycles. The van der Waals surface area contributed by atoms with Gasteiger partial charge in [-0.25, -0.2) is 0 Å². The maximum Gasteiger partial charge on any atom is 0.127 e. The number of aromatic hydroxyl groups is 2. The van der Waals surface area contributed by atoms with E-state index in [1.165, 1.54) is 31.0 Å². The number of benzene rings is 1. The molecule has 0 aliphatic heterocycles. The van der Waals surface area contributed by atoms with Gasteiger partial charge < -0.3 is 14.9 Å². The molecule has 0 heterocycles. The minimum atomic E-state index is 0.0239. The fourth-order valence-electron chi connectivity index (χ4n) is 1.61. The van der Waals surface area contributed by atoms with Gasteiger partial charge in [0.25, 0.3) is 0 Å². The van der Waals surface area contributed by atoms with Crippen molar-refractivity contribution >= 4 is 0 Å². The van der Waals surface area contributed by atoms with Crippen LogP contribution in [0.4, 0.5) is 0 Å². The third kappa shape index (κ3) is 4.43. The Morgan fingerprint density at radius 1 is 1.12 bits per heavy atom. The first-order chi connectivity index (χ1) is 7.61. The quantitative estimate of drug-likeness (QED) is 0.728. The SMILES string of the molecule is CCCCC[C@H](C)Oc1cc(O)cc(O)c1. The van der Waals surface area contributed by atoms with Gasteiger partial charge in [-0.3, -0.25) is 0 Å². The van der Waals surface area contributed by atoms with Gasteiger partial charge in [0.05, 0.1) is 6.10 Å². The fraction of sp³-hybridized carbons (Fsp3) is 0.538.